The number of halogens is 1. The number of aryl methyl sites for hydroxylation is 1. The molecule has 2 aromatic rings. The monoisotopic (exact) mass is 365 g/mol. The lowest BCUT2D eigenvalue weighted by Crippen LogP contribution is -2.11. The standard InChI is InChI=1S/C17H16ClNO4S/c1-11(2)22-16-7-5-14(8-12(16)3)24(20,21)23-17-6-4-13(10-19)9-15(17)18/h4-9,11H,1-3H3. The molecule has 0 unspecified atom stereocenters. The molecule has 0 aliphatic carbocycles. The Balaban J connectivity index is 2.31. The van der Waals surface area contributed by atoms with Crippen molar-refractivity contribution in [3.63, 3.8) is 0 Å². The molecule has 0 aliphatic heterocycles. The number of rotatable bonds is 5. The van der Waals surface area contributed by atoms with Crippen LogP contribution in [-0.4, -0.2) is 14.5 Å². The van der Waals surface area contributed by atoms with Gasteiger partial charge in [0.05, 0.1) is 22.8 Å². The molecule has 0 saturated carbocycles. The van der Waals surface area contributed by atoms with Crippen LogP contribution in [0.4, 0.5) is 0 Å². The van der Waals surface area contributed by atoms with Gasteiger partial charge in [-0.15, -0.1) is 0 Å². The second kappa shape index (κ2) is 7.12. The summed E-state index contributed by atoms with van der Waals surface area (Å²) in [5, 5.41) is 8.85. The third kappa shape index (κ3) is 4.19. The number of ether oxygens (including phenoxy) is 1. The molecule has 7 heteroatoms. The van der Waals surface area contributed by atoms with Crippen molar-refractivity contribution in [1.82, 2.24) is 0 Å². The highest BCUT2D eigenvalue weighted by atomic mass is 35.5. The Morgan fingerprint density at radius 3 is 2.33 bits per heavy atom. The largest absolute Gasteiger partial charge is 0.491 e. The molecule has 0 atom stereocenters. The van der Waals surface area contributed by atoms with E-state index in [1.54, 1.807) is 13.0 Å². The minimum atomic E-state index is -4.05. The first-order valence-corrected chi connectivity index (χ1v) is 8.93. The fraction of sp³-hybridized carbons (Fsp3) is 0.235. The first kappa shape index (κ1) is 18.1. The smallest absolute Gasteiger partial charge is 0.339 e. The SMILES string of the molecule is Cc1cc(S(=O)(=O)Oc2ccc(C#N)cc2Cl)ccc1OC(C)C. The van der Waals surface area contributed by atoms with E-state index in [0.717, 1.165) is 0 Å². The van der Waals surface area contributed by atoms with Gasteiger partial charge in [0.15, 0.2) is 5.75 Å². The lowest BCUT2D eigenvalue weighted by molar-refractivity contribution is 0.240. The van der Waals surface area contributed by atoms with E-state index in [1.807, 2.05) is 19.9 Å². The highest BCUT2D eigenvalue weighted by Crippen LogP contribution is 2.30. The molecule has 5 nitrogen and oxygen atoms in total. The summed E-state index contributed by atoms with van der Waals surface area (Å²) in [6, 6.07) is 10.5. The summed E-state index contributed by atoms with van der Waals surface area (Å²) in [4.78, 5) is -0.00321. The summed E-state index contributed by atoms with van der Waals surface area (Å²) in [5.41, 5.74) is 0.995. The molecular formula is C17H16ClNO4S. The minimum absolute atomic E-state index is 0.00321. The van der Waals surface area contributed by atoms with Gasteiger partial charge in [-0.3, -0.25) is 0 Å². The van der Waals surface area contributed by atoms with E-state index in [1.165, 1.54) is 30.3 Å². The average molecular weight is 366 g/mol. The number of benzene rings is 2. The van der Waals surface area contributed by atoms with Crippen LogP contribution in [0.1, 0.15) is 25.0 Å². The van der Waals surface area contributed by atoms with Gasteiger partial charge in [0.2, 0.25) is 0 Å². The van der Waals surface area contributed by atoms with Crippen LogP contribution in [0.15, 0.2) is 41.3 Å². The van der Waals surface area contributed by atoms with Crippen LogP contribution >= 0.6 is 11.6 Å². The third-order valence-corrected chi connectivity index (χ3v) is 4.58. The Hall–Kier alpha value is -2.23. The predicted molar refractivity (Wildman–Crippen MR) is 90.9 cm³/mol. The molecule has 0 spiro atoms. The van der Waals surface area contributed by atoms with Gasteiger partial charge in [-0.05, 0) is 62.7 Å². The molecule has 2 rings (SSSR count). The number of hydrogen-bond acceptors (Lipinski definition) is 5. The van der Waals surface area contributed by atoms with Gasteiger partial charge in [0.25, 0.3) is 0 Å². The Morgan fingerprint density at radius 2 is 1.79 bits per heavy atom. The van der Waals surface area contributed by atoms with E-state index in [0.29, 0.717) is 16.9 Å². The van der Waals surface area contributed by atoms with Crippen molar-refractivity contribution in [2.75, 3.05) is 0 Å². The summed E-state index contributed by atoms with van der Waals surface area (Å²) in [6.45, 7) is 5.53. The van der Waals surface area contributed by atoms with Crippen LogP contribution in [0.2, 0.25) is 5.02 Å². The molecule has 0 amide bonds. The van der Waals surface area contributed by atoms with Crippen molar-refractivity contribution >= 4 is 21.7 Å². The van der Waals surface area contributed by atoms with Crippen LogP contribution in [0.3, 0.4) is 0 Å². The zero-order chi connectivity index (χ0) is 17.9. The van der Waals surface area contributed by atoms with Crippen LogP contribution in [0.25, 0.3) is 0 Å². The molecule has 0 aromatic heterocycles. The zero-order valence-electron chi connectivity index (χ0n) is 13.4. The Kier molecular flexibility index (Phi) is 5.37. The van der Waals surface area contributed by atoms with Crippen LogP contribution < -0.4 is 8.92 Å². The van der Waals surface area contributed by atoms with Crippen molar-refractivity contribution < 1.29 is 17.3 Å². The van der Waals surface area contributed by atoms with Gasteiger partial charge in [-0.25, -0.2) is 0 Å². The van der Waals surface area contributed by atoms with Gasteiger partial charge in [0, 0.05) is 0 Å². The molecule has 2 aromatic carbocycles. The number of nitriles is 1. The summed E-state index contributed by atoms with van der Waals surface area (Å²) in [5.74, 6) is 0.580. The van der Waals surface area contributed by atoms with E-state index in [4.69, 9.17) is 25.8 Å². The first-order valence-electron chi connectivity index (χ1n) is 7.14. The van der Waals surface area contributed by atoms with Crippen molar-refractivity contribution in [3.05, 3.63) is 52.5 Å². The maximum atomic E-state index is 12.4. The average Bonchev–Trinajstić information content (AvgIpc) is 2.50. The quantitative estimate of drug-likeness (QED) is 0.746. The maximum absolute atomic E-state index is 12.4. The van der Waals surface area contributed by atoms with Crippen molar-refractivity contribution in [3.8, 4) is 17.6 Å². The molecule has 126 valence electrons. The topological polar surface area (TPSA) is 76.4 Å². The summed E-state index contributed by atoms with van der Waals surface area (Å²) in [6.07, 6.45) is -0.0140. The molecule has 0 heterocycles. The van der Waals surface area contributed by atoms with E-state index in [9.17, 15) is 8.42 Å². The number of hydrogen-bond donors (Lipinski definition) is 0. The summed E-state index contributed by atoms with van der Waals surface area (Å²) >= 11 is 5.95. The maximum Gasteiger partial charge on any atom is 0.339 e. The van der Waals surface area contributed by atoms with Crippen LogP contribution in [-0.2, 0) is 10.1 Å². The molecule has 0 N–H and O–H groups in total. The van der Waals surface area contributed by atoms with Crippen molar-refractivity contribution in [2.24, 2.45) is 0 Å². The Bertz CT molecular complexity index is 901. The second-order valence-electron chi connectivity index (χ2n) is 5.39. The van der Waals surface area contributed by atoms with E-state index in [-0.39, 0.29) is 21.8 Å². The lowest BCUT2D eigenvalue weighted by atomic mass is 10.2. The Labute approximate surface area is 146 Å². The van der Waals surface area contributed by atoms with Gasteiger partial charge >= 0.3 is 10.1 Å². The molecule has 0 fully saturated rings. The van der Waals surface area contributed by atoms with Crippen molar-refractivity contribution in [2.45, 2.75) is 31.8 Å². The number of nitrogens with zero attached hydrogens (tertiary/aromatic N) is 1. The van der Waals surface area contributed by atoms with Gasteiger partial charge in [-0.1, -0.05) is 11.6 Å². The highest BCUT2D eigenvalue weighted by molar-refractivity contribution is 7.87. The van der Waals surface area contributed by atoms with E-state index >= 15 is 0 Å². The van der Waals surface area contributed by atoms with E-state index in [2.05, 4.69) is 0 Å². The van der Waals surface area contributed by atoms with Gasteiger partial charge in [0.1, 0.15) is 10.6 Å². The van der Waals surface area contributed by atoms with Gasteiger partial charge in [-0.2, -0.15) is 13.7 Å². The lowest BCUT2D eigenvalue weighted by Gasteiger charge is -2.14. The predicted octanol–water partition coefficient (Wildman–Crippen LogP) is 4.08. The highest BCUT2D eigenvalue weighted by Gasteiger charge is 2.20. The summed E-state index contributed by atoms with van der Waals surface area (Å²) in [7, 11) is -4.05. The Morgan fingerprint density at radius 1 is 1.12 bits per heavy atom. The normalized spacial score (nSPS) is 11.2. The second-order valence-corrected chi connectivity index (χ2v) is 7.34. The first-order chi connectivity index (χ1) is 11.2. The molecule has 0 aliphatic rings. The fourth-order valence-electron chi connectivity index (χ4n) is 1.97. The third-order valence-electron chi connectivity index (χ3n) is 3.06. The molecule has 0 radical (unpaired) electrons. The van der Waals surface area contributed by atoms with Gasteiger partial charge < -0.3 is 8.92 Å². The molecule has 0 bridgehead atoms. The van der Waals surface area contributed by atoms with Crippen molar-refractivity contribution in [1.29, 1.82) is 5.26 Å². The fourth-order valence-corrected chi connectivity index (χ4v) is 3.27. The molecular weight excluding hydrogens is 350 g/mol. The minimum Gasteiger partial charge on any atom is -0.491 e. The zero-order valence-corrected chi connectivity index (χ0v) is 15.0. The molecule has 24 heavy (non-hydrogen) atoms. The summed E-state index contributed by atoms with van der Waals surface area (Å²) < 4.78 is 35.5. The van der Waals surface area contributed by atoms with Crippen LogP contribution in [0, 0.1) is 18.3 Å². The van der Waals surface area contributed by atoms with E-state index < -0.39 is 10.1 Å². The molecule has 0 saturated heterocycles. The van der Waals surface area contributed by atoms with Crippen LogP contribution in [0.5, 0.6) is 11.5 Å².